The fourth-order valence-corrected chi connectivity index (χ4v) is 2.54. The van der Waals surface area contributed by atoms with Crippen LogP contribution in [-0.2, 0) is 19.7 Å². The highest BCUT2D eigenvalue weighted by molar-refractivity contribution is 9.10. The predicted molar refractivity (Wildman–Crippen MR) is 97.8 cm³/mol. The van der Waals surface area contributed by atoms with Crippen molar-refractivity contribution < 1.29 is 14.3 Å². The first-order valence-corrected chi connectivity index (χ1v) is 8.43. The van der Waals surface area contributed by atoms with Gasteiger partial charge >= 0.3 is 5.97 Å². The number of hydrogen-bond acceptors (Lipinski definition) is 3. The lowest BCUT2D eigenvalue weighted by Crippen LogP contribution is -2.37. The standard InChI is InChI=1S/C19H20BrNO3/c1-13(17(22)21-16-11-7-10-15(20)12-16)24-18(23)19(2,3)14-8-5-4-6-9-14/h4-13H,1-3H3,(H,21,22)/t13-/m0/s1. The third-order valence-electron chi connectivity index (χ3n) is 3.75. The first kappa shape index (κ1) is 18.2. The molecule has 0 fully saturated rings. The fourth-order valence-electron chi connectivity index (χ4n) is 2.14. The summed E-state index contributed by atoms with van der Waals surface area (Å²) in [6.45, 7) is 5.12. The molecule has 0 aliphatic carbocycles. The van der Waals surface area contributed by atoms with Crippen LogP contribution >= 0.6 is 15.9 Å². The van der Waals surface area contributed by atoms with E-state index in [1.54, 1.807) is 32.9 Å². The van der Waals surface area contributed by atoms with Crippen molar-refractivity contribution in [3.8, 4) is 0 Å². The van der Waals surface area contributed by atoms with Crippen LogP contribution < -0.4 is 5.32 Å². The highest BCUT2D eigenvalue weighted by Gasteiger charge is 2.33. The van der Waals surface area contributed by atoms with Gasteiger partial charge in [-0.2, -0.15) is 0 Å². The molecule has 0 heterocycles. The Balaban J connectivity index is 2.01. The molecule has 1 atom stereocenters. The number of anilines is 1. The Kier molecular flexibility index (Phi) is 5.78. The van der Waals surface area contributed by atoms with Crippen molar-refractivity contribution in [3.63, 3.8) is 0 Å². The van der Waals surface area contributed by atoms with E-state index in [9.17, 15) is 9.59 Å². The Morgan fingerprint density at radius 1 is 1.08 bits per heavy atom. The number of ether oxygens (including phenoxy) is 1. The van der Waals surface area contributed by atoms with Crippen molar-refractivity contribution >= 4 is 33.5 Å². The quantitative estimate of drug-likeness (QED) is 0.775. The van der Waals surface area contributed by atoms with Crippen molar-refractivity contribution in [1.29, 1.82) is 0 Å². The van der Waals surface area contributed by atoms with Gasteiger partial charge in [0.1, 0.15) is 0 Å². The lowest BCUT2D eigenvalue weighted by atomic mass is 9.85. The Bertz CT molecular complexity index is 728. The molecule has 0 aliphatic heterocycles. The largest absolute Gasteiger partial charge is 0.452 e. The average molecular weight is 390 g/mol. The van der Waals surface area contributed by atoms with Gasteiger partial charge in [0.05, 0.1) is 5.41 Å². The average Bonchev–Trinajstić information content (AvgIpc) is 2.55. The summed E-state index contributed by atoms with van der Waals surface area (Å²) in [6, 6.07) is 16.6. The Hall–Kier alpha value is -2.14. The molecular formula is C19H20BrNO3. The molecule has 0 bridgehead atoms. The molecule has 2 aromatic carbocycles. The zero-order chi connectivity index (χ0) is 17.7. The maximum absolute atomic E-state index is 12.5. The van der Waals surface area contributed by atoms with Crippen molar-refractivity contribution in [2.24, 2.45) is 0 Å². The summed E-state index contributed by atoms with van der Waals surface area (Å²) in [6.07, 6.45) is -0.889. The molecule has 1 N–H and O–H groups in total. The van der Waals surface area contributed by atoms with E-state index in [-0.39, 0.29) is 5.91 Å². The number of halogens is 1. The predicted octanol–water partition coefficient (Wildman–Crippen LogP) is 4.30. The Labute approximate surface area is 150 Å². The van der Waals surface area contributed by atoms with Crippen molar-refractivity contribution in [3.05, 3.63) is 64.6 Å². The van der Waals surface area contributed by atoms with Gasteiger partial charge in [-0.25, -0.2) is 0 Å². The molecule has 0 radical (unpaired) electrons. The number of rotatable bonds is 5. The van der Waals surface area contributed by atoms with Gasteiger partial charge < -0.3 is 10.1 Å². The maximum Gasteiger partial charge on any atom is 0.316 e. The number of hydrogen-bond donors (Lipinski definition) is 1. The number of carbonyl (C=O) groups excluding carboxylic acids is 2. The van der Waals surface area contributed by atoms with Gasteiger partial charge in [0.25, 0.3) is 5.91 Å². The third-order valence-corrected chi connectivity index (χ3v) is 4.24. The molecule has 1 amide bonds. The molecule has 0 aromatic heterocycles. The Morgan fingerprint density at radius 3 is 2.38 bits per heavy atom. The molecule has 4 nitrogen and oxygen atoms in total. The van der Waals surface area contributed by atoms with Crippen LogP contribution in [-0.4, -0.2) is 18.0 Å². The summed E-state index contributed by atoms with van der Waals surface area (Å²) in [4.78, 5) is 24.7. The highest BCUT2D eigenvalue weighted by Crippen LogP contribution is 2.25. The molecule has 0 saturated heterocycles. The van der Waals surface area contributed by atoms with Gasteiger partial charge in [-0.1, -0.05) is 52.3 Å². The lowest BCUT2D eigenvalue weighted by molar-refractivity contribution is -0.158. The summed E-state index contributed by atoms with van der Waals surface area (Å²) < 4.78 is 6.23. The van der Waals surface area contributed by atoms with E-state index in [4.69, 9.17) is 4.74 Å². The second-order valence-electron chi connectivity index (χ2n) is 6.04. The van der Waals surface area contributed by atoms with Crippen LogP contribution in [0.4, 0.5) is 5.69 Å². The van der Waals surface area contributed by atoms with Gasteiger partial charge in [0.15, 0.2) is 6.10 Å². The molecule has 0 aliphatic rings. The fraction of sp³-hybridized carbons (Fsp3) is 0.263. The van der Waals surface area contributed by atoms with Crippen LogP contribution in [0.15, 0.2) is 59.1 Å². The molecule has 0 spiro atoms. The summed E-state index contributed by atoms with van der Waals surface area (Å²) in [5.41, 5.74) is 0.653. The van der Waals surface area contributed by atoms with E-state index in [2.05, 4.69) is 21.2 Å². The van der Waals surface area contributed by atoms with Gasteiger partial charge in [-0.3, -0.25) is 9.59 Å². The first-order valence-electron chi connectivity index (χ1n) is 7.64. The van der Waals surface area contributed by atoms with Gasteiger partial charge in [-0.05, 0) is 44.5 Å². The van der Waals surface area contributed by atoms with E-state index in [1.807, 2.05) is 42.5 Å². The topological polar surface area (TPSA) is 55.4 Å². The van der Waals surface area contributed by atoms with Crippen LogP contribution in [0.2, 0.25) is 0 Å². The summed E-state index contributed by atoms with van der Waals surface area (Å²) >= 11 is 3.34. The molecule has 0 unspecified atom stereocenters. The monoisotopic (exact) mass is 389 g/mol. The summed E-state index contributed by atoms with van der Waals surface area (Å²) in [7, 11) is 0. The number of carbonyl (C=O) groups is 2. The minimum absolute atomic E-state index is 0.370. The minimum Gasteiger partial charge on any atom is -0.452 e. The minimum atomic E-state index is -0.889. The summed E-state index contributed by atoms with van der Waals surface area (Å²) in [5.74, 6) is -0.809. The van der Waals surface area contributed by atoms with Crippen LogP contribution in [0.5, 0.6) is 0 Å². The first-order chi connectivity index (χ1) is 11.3. The van der Waals surface area contributed by atoms with Crippen LogP contribution in [0.3, 0.4) is 0 Å². The zero-order valence-electron chi connectivity index (χ0n) is 13.9. The number of amides is 1. The van der Waals surface area contributed by atoms with E-state index in [0.717, 1.165) is 10.0 Å². The number of esters is 1. The molecule has 0 saturated carbocycles. The normalized spacial score (nSPS) is 12.3. The molecule has 2 rings (SSSR count). The summed E-state index contributed by atoms with van der Waals surface area (Å²) in [5, 5.41) is 2.73. The van der Waals surface area contributed by atoms with Gasteiger partial charge in [-0.15, -0.1) is 0 Å². The van der Waals surface area contributed by atoms with E-state index < -0.39 is 17.5 Å². The van der Waals surface area contributed by atoms with E-state index in [0.29, 0.717) is 5.69 Å². The van der Waals surface area contributed by atoms with E-state index >= 15 is 0 Å². The van der Waals surface area contributed by atoms with E-state index in [1.165, 1.54) is 0 Å². The zero-order valence-corrected chi connectivity index (χ0v) is 15.5. The molecule has 126 valence electrons. The number of nitrogens with one attached hydrogen (secondary N) is 1. The number of benzene rings is 2. The van der Waals surface area contributed by atoms with Gasteiger partial charge in [0.2, 0.25) is 0 Å². The molecule has 5 heteroatoms. The SMILES string of the molecule is C[C@H](OC(=O)C(C)(C)c1ccccc1)C(=O)Nc1cccc(Br)c1. The lowest BCUT2D eigenvalue weighted by Gasteiger charge is -2.25. The molecule has 24 heavy (non-hydrogen) atoms. The second-order valence-corrected chi connectivity index (χ2v) is 6.95. The maximum atomic E-state index is 12.5. The molecule has 2 aromatic rings. The highest BCUT2D eigenvalue weighted by atomic mass is 79.9. The molecular weight excluding hydrogens is 370 g/mol. The smallest absolute Gasteiger partial charge is 0.316 e. The van der Waals surface area contributed by atoms with Crippen LogP contribution in [0, 0.1) is 0 Å². The van der Waals surface area contributed by atoms with Crippen LogP contribution in [0.1, 0.15) is 26.3 Å². The Morgan fingerprint density at radius 2 is 1.75 bits per heavy atom. The van der Waals surface area contributed by atoms with Crippen LogP contribution in [0.25, 0.3) is 0 Å². The van der Waals surface area contributed by atoms with Crippen molar-refractivity contribution in [2.75, 3.05) is 5.32 Å². The third kappa shape index (κ3) is 4.45. The van der Waals surface area contributed by atoms with Gasteiger partial charge in [0, 0.05) is 10.2 Å². The van der Waals surface area contributed by atoms with Crippen molar-refractivity contribution in [1.82, 2.24) is 0 Å². The van der Waals surface area contributed by atoms with Crippen molar-refractivity contribution in [2.45, 2.75) is 32.3 Å². The second kappa shape index (κ2) is 7.62.